The number of hydrogen-bond acceptors (Lipinski definition) is 4. The number of aromatic nitrogens is 1. The van der Waals surface area contributed by atoms with E-state index in [-0.39, 0.29) is 17.2 Å². The first kappa shape index (κ1) is 19.1. The van der Waals surface area contributed by atoms with Crippen LogP contribution in [0.3, 0.4) is 0 Å². The van der Waals surface area contributed by atoms with Gasteiger partial charge in [0, 0.05) is 24.0 Å². The lowest BCUT2D eigenvalue weighted by Crippen LogP contribution is -2.27. The zero-order chi connectivity index (χ0) is 19.3. The van der Waals surface area contributed by atoms with E-state index in [0.29, 0.717) is 29.3 Å². The van der Waals surface area contributed by atoms with Gasteiger partial charge in [-0.1, -0.05) is 13.8 Å². The fourth-order valence-electron chi connectivity index (χ4n) is 2.22. The van der Waals surface area contributed by atoms with E-state index in [1.54, 1.807) is 25.1 Å². The van der Waals surface area contributed by atoms with E-state index in [1.807, 2.05) is 13.8 Å². The van der Waals surface area contributed by atoms with Crippen LogP contribution in [-0.4, -0.2) is 34.4 Å². The molecule has 2 amide bonds. The van der Waals surface area contributed by atoms with Crippen LogP contribution in [-0.2, 0) is 0 Å². The van der Waals surface area contributed by atoms with Crippen molar-refractivity contribution in [3.8, 4) is 0 Å². The van der Waals surface area contributed by atoms with E-state index in [2.05, 4.69) is 15.6 Å². The standard InChI is InChI=1S/C19H21N3O4/c1-11(2)10-21-17(23)13-4-5-15(12(3)8-13)22-18(24)16-9-14(19(25)26)6-7-20-16/h4-9,11H,10H2,1-3H3,(H,21,23)(H,22,24)(H,25,26). The Kier molecular flexibility index (Phi) is 6.06. The molecule has 1 heterocycles. The van der Waals surface area contributed by atoms with Crippen LogP contribution in [0.1, 0.15) is 50.6 Å². The van der Waals surface area contributed by atoms with Crippen molar-refractivity contribution in [3.05, 3.63) is 58.9 Å². The minimum atomic E-state index is -1.13. The first-order chi connectivity index (χ1) is 12.3. The van der Waals surface area contributed by atoms with Gasteiger partial charge in [0.25, 0.3) is 11.8 Å². The number of carboxylic acids is 1. The molecule has 0 radical (unpaired) electrons. The first-order valence-electron chi connectivity index (χ1n) is 8.17. The number of nitrogens with one attached hydrogen (secondary N) is 2. The molecule has 0 atom stereocenters. The van der Waals surface area contributed by atoms with Gasteiger partial charge in [-0.3, -0.25) is 14.6 Å². The molecule has 0 unspecified atom stereocenters. The Labute approximate surface area is 151 Å². The zero-order valence-corrected chi connectivity index (χ0v) is 14.9. The summed E-state index contributed by atoms with van der Waals surface area (Å²) < 4.78 is 0. The van der Waals surface area contributed by atoms with Crippen molar-refractivity contribution in [3.63, 3.8) is 0 Å². The van der Waals surface area contributed by atoms with Gasteiger partial charge in [0.1, 0.15) is 5.69 Å². The van der Waals surface area contributed by atoms with E-state index in [9.17, 15) is 14.4 Å². The van der Waals surface area contributed by atoms with Crippen LogP contribution in [0.4, 0.5) is 5.69 Å². The molecule has 0 bridgehead atoms. The van der Waals surface area contributed by atoms with Crippen LogP contribution in [0.25, 0.3) is 0 Å². The number of benzene rings is 1. The number of rotatable bonds is 6. The number of nitrogens with zero attached hydrogens (tertiary/aromatic N) is 1. The summed E-state index contributed by atoms with van der Waals surface area (Å²) in [7, 11) is 0. The normalized spacial score (nSPS) is 10.5. The summed E-state index contributed by atoms with van der Waals surface area (Å²) in [6.45, 7) is 6.38. The summed E-state index contributed by atoms with van der Waals surface area (Å²) in [5.41, 5.74) is 1.73. The number of carbonyl (C=O) groups is 3. The molecule has 1 aromatic carbocycles. The molecule has 7 nitrogen and oxygen atoms in total. The van der Waals surface area contributed by atoms with Gasteiger partial charge in [0.2, 0.25) is 0 Å². The third-order valence-corrected chi connectivity index (χ3v) is 3.65. The van der Waals surface area contributed by atoms with Crippen LogP contribution < -0.4 is 10.6 Å². The topological polar surface area (TPSA) is 108 Å². The quantitative estimate of drug-likeness (QED) is 0.738. The van der Waals surface area contributed by atoms with Crippen LogP contribution in [0.2, 0.25) is 0 Å². The van der Waals surface area contributed by atoms with E-state index in [4.69, 9.17) is 5.11 Å². The van der Waals surface area contributed by atoms with Crippen molar-refractivity contribution in [1.29, 1.82) is 0 Å². The van der Waals surface area contributed by atoms with Gasteiger partial charge in [0.15, 0.2) is 0 Å². The Bertz CT molecular complexity index is 846. The first-order valence-corrected chi connectivity index (χ1v) is 8.17. The van der Waals surface area contributed by atoms with E-state index in [0.717, 1.165) is 0 Å². The third kappa shape index (κ3) is 4.89. The minimum Gasteiger partial charge on any atom is -0.478 e. The Hall–Kier alpha value is -3.22. The van der Waals surface area contributed by atoms with Crippen LogP contribution in [0.5, 0.6) is 0 Å². The van der Waals surface area contributed by atoms with Crippen molar-refractivity contribution >= 4 is 23.5 Å². The predicted molar refractivity (Wildman–Crippen MR) is 97.5 cm³/mol. The SMILES string of the molecule is Cc1cc(C(=O)NCC(C)C)ccc1NC(=O)c1cc(C(=O)O)ccn1. The fraction of sp³-hybridized carbons (Fsp3) is 0.263. The highest BCUT2D eigenvalue weighted by Gasteiger charge is 2.13. The number of anilines is 1. The van der Waals surface area contributed by atoms with Gasteiger partial charge >= 0.3 is 5.97 Å². The molecule has 136 valence electrons. The second-order valence-corrected chi connectivity index (χ2v) is 6.32. The minimum absolute atomic E-state index is 0.00283. The molecule has 7 heteroatoms. The highest BCUT2D eigenvalue weighted by atomic mass is 16.4. The number of amides is 2. The number of hydrogen-bond donors (Lipinski definition) is 3. The maximum atomic E-state index is 12.3. The molecule has 0 aliphatic carbocycles. The number of carboxylic acid groups (broad SMARTS) is 1. The summed E-state index contributed by atoms with van der Waals surface area (Å²) in [6, 6.07) is 7.47. The van der Waals surface area contributed by atoms with E-state index >= 15 is 0 Å². The monoisotopic (exact) mass is 355 g/mol. The van der Waals surface area contributed by atoms with Crippen molar-refractivity contribution in [2.24, 2.45) is 5.92 Å². The largest absolute Gasteiger partial charge is 0.478 e. The highest BCUT2D eigenvalue weighted by Crippen LogP contribution is 2.18. The molecule has 26 heavy (non-hydrogen) atoms. The van der Waals surface area contributed by atoms with Gasteiger partial charge in [-0.05, 0) is 48.7 Å². The molecule has 3 N–H and O–H groups in total. The summed E-state index contributed by atoms with van der Waals surface area (Å²) >= 11 is 0. The average molecular weight is 355 g/mol. The van der Waals surface area contributed by atoms with Crippen molar-refractivity contribution in [1.82, 2.24) is 10.3 Å². The van der Waals surface area contributed by atoms with Crippen molar-refractivity contribution in [2.75, 3.05) is 11.9 Å². The van der Waals surface area contributed by atoms with Gasteiger partial charge in [0.05, 0.1) is 5.56 Å². The van der Waals surface area contributed by atoms with Gasteiger partial charge in [-0.2, -0.15) is 0 Å². The Morgan fingerprint density at radius 1 is 1.08 bits per heavy atom. The molecule has 0 fully saturated rings. The maximum Gasteiger partial charge on any atom is 0.335 e. The molecule has 2 rings (SSSR count). The molecule has 0 saturated carbocycles. The molecule has 0 saturated heterocycles. The summed E-state index contributed by atoms with van der Waals surface area (Å²) in [5, 5.41) is 14.5. The number of aryl methyl sites for hydroxylation is 1. The molecule has 1 aromatic heterocycles. The summed E-state index contributed by atoms with van der Waals surface area (Å²) in [4.78, 5) is 39.3. The zero-order valence-electron chi connectivity index (χ0n) is 14.9. The molecular formula is C19H21N3O4. The summed E-state index contributed by atoms with van der Waals surface area (Å²) in [5.74, 6) is -1.47. The van der Waals surface area contributed by atoms with E-state index < -0.39 is 11.9 Å². The van der Waals surface area contributed by atoms with E-state index in [1.165, 1.54) is 18.3 Å². The number of aromatic carboxylic acids is 1. The Balaban J connectivity index is 2.12. The second-order valence-electron chi connectivity index (χ2n) is 6.32. The van der Waals surface area contributed by atoms with Crippen LogP contribution in [0.15, 0.2) is 36.5 Å². The molecular weight excluding hydrogens is 334 g/mol. The van der Waals surface area contributed by atoms with Gasteiger partial charge in [-0.25, -0.2) is 4.79 Å². The van der Waals surface area contributed by atoms with Crippen molar-refractivity contribution < 1.29 is 19.5 Å². The Morgan fingerprint density at radius 3 is 2.42 bits per heavy atom. The maximum absolute atomic E-state index is 12.3. The second kappa shape index (κ2) is 8.24. The predicted octanol–water partition coefficient (Wildman–Crippen LogP) is 2.73. The number of pyridine rings is 1. The molecule has 0 aliphatic heterocycles. The smallest absolute Gasteiger partial charge is 0.335 e. The number of carbonyl (C=O) groups excluding carboxylic acids is 2. The third-order valence-electron chi connectivity index (χ3n) is 3.65. The van der Waals surface area contributed by atoms with Crippen LogP contribution in [0, 0.1) is 12.8 Å². The lowest BCUT2D eigenvalue weighted by Gasteiger charge is -2.11. The molecule has 0 aliphatic rings. The van der Waals surface area contributed by atoms with Crippen molar-refractivity contribution in [2.45, 2.75) is 20.8 Å². The summed E-state index contributed by atoms with van der Waals surface area (Å²) in [6.07, 6.45) is 1.27. The lowest BCUT2D eigenvalue weighted by molar-refractivity contribution is 0.0696. The van der Waals surface area contributed by atoms with Gasteiger partial charge < -0.3 is 15.7 Å². The molecule has 0 spiro atoms. The average Bonchev–Trinajstić information content (AvgIpc) is 2.61. The Morgan fingerprint density at radius 2 is 1.81 bits per heavy atom. The highest BCUT2D eigenvalue weighted by molar-refractivity contribution is 6.05. The van der Waals surface area contributed by atoms with Crippen LogP contribution >= 0.6 is 0 Å². The fourth-order valence-corrected chi connectivity index (χ4v) is 2.22. The molecule has 2 aromatic rings. The van der Waals surface area contributed by atoms with Gasteiger partial charge in [-0.15, -0.1) is 0 Å². The lowest BCUT2D eigenvalue weighted by atomic mass is 10.1.